The van der Waals surface area contributed by atoms with Gasteiger partial charge in [-0.05, 0) is 19.9 Å². The van der Waals surface area contributed by atoms with Crippen molar-refractivity contribution in [1.29, 1.82) is 0 Å². The van der Waals surface area contributed by atoms with Crippen molar-refractivity contribution in [3.63, 3.8) is 0 Å². The number of allylic oxidation sites excluding steroid dienone is 1. The zero-order valence-corrected chi connectivity index (χ0v) is 6.33. The molecule has 0 amide bonds. The van der Waals surface area contributed by atoms with Crippen LogP contribution in [-0.2, 0) is 4.84 Å². The van der Waals surface area contributed by atoms with Gasteiger partial charge in [0.15, 0.2) is 0 Å². The Labute approximate surface area is 59.8 Å². The van der Waals surface area contributed by atoms with Gasteiger partial charge in [0.2, 0.25) is 0 Å². The monoisotopic (exact) mass is 147 g/mol. The summed E-state index contributed by atoms with van der Waals surface area (Å²) in [6.07, 6.45) is 1.97. The molecule has 1 heterocycles. The summed E-state index contributed by atoms with van der Waals surface area (Å²) in [4.78, 5) is 4.99. The van der Waals surface area contributed by atoms with Gasteiger partial charge in [-0.1, -0.05) is 0 Å². The van der Waals surface area contributed by atoms with E-state index in [9.17, 15) is 0 Å². The molecule has 1 N–H and O–H groups in total. The lowest BCUT2D eigenvalue weighted by molar-refractivity contribution is 0.0936. The first-order chi connectivity index (χ1) is 4.16. The van der Waals surface area contributed by atoms with Crippen LogP contribution >= 0.6 is 11.6 Å². The third-order valence-corrected chi connectivity index (χ3v) is 1.80. The smallest absolute Gasteiger partial charge is 0.119 e. The Kier molecular flexibility index (Phi) is 1.68. The van der Waals surface area contributed by atoms with E-state index in [4.69, 9.17) is 16.4 Å². The first-order valence-corrected chi connectivity index (χ1v) is 3.39. The number of alkyl halides is 1. The molecule has 0 saturated carbocycles. The predicted octanol–water partition coefficient (Wildman–Crippen LogP) is 1.42. The maximum absolute atomic E-state index is 5.63. The van der Waals surface area contributed by atoms with E-state index in [0.29, 0.717) is 5.88 Å². The zero-order chi connectivity index (χ0) is 6.91. The number of hydroxylamine groups is 1. The molecule has 3 heteroatoms. The number of rotatable bonds is 1. The normalized spacial score (nSPS) is 33.9. The highest BCUT2D eigenvalue weighted by molar-refractivity contribution is 6.18. The Hall–Kier alpha value is -0.210. The average Bonchev–Trinajstić information content (AvgIpc) is 2.13. The lowest BCUT2D eigenvalue weighted by atomic mass is 10.1. The van der Waals surface area contributed by atoms with Gasteiger partial charge in [-0.3, -0.25) is 0 Å². The molecule has 1 aliphatic heterocycles. The van der Waals surface area contributed by atoms with Crippen LogP contribution < -0.4 is 5.48 Å². The molecule has 2 nitrogen and oxygen atoms in total. The van der Waals surface area contributed by atoms with Crippen molar-refractivity contribution < 1.29 is 4.84 Å². The quantitative estimate of drug-likeness (QED) is 0.567. The molecule has 1 atom stereocenters. The summed E-state index contributed by atoms with van der Waals surface area (Å²) in [6.45, 7) is 3.88. The van der Waals surface area contributed by atoms with Gasteiger partial charge in [-0.15, -0.1) is 17.1 Å². The van der Waals surface area contributed by atoms with E-state index >= 15 is 0 Å². The summed E-state index contributed by atoms with van der Waals surface area (Å²) in [5, 5.41) is 0. The molecule has 9 heavy (non-hydrogen) atoms. The van der Waals surface area contributed by atoms with Gasteiger partial charge in [0.25, 0.3) is 0 Å². The van der Waals surface area contributed by atoms with E-state index in [1.807, 2.05) is 19.9 Å². The molecule has 0 fully saturated rings. The van der Waals surface area contributed by atoms with Crippen LogP contribution in [0.15, 0.2) is 11.8 Å². The Morgan fingerprint density at radius 3 is 2.78 bits per heavy atom. The minimum absolute atomic E-state index is 0.161. The van der Waals surface area contributed by atoms with Gasteiger partial charge in [-0.2, -0.15) is 0 Å². The minimum Gasteiger partial charge on any atom is -0.413 e. The lowest BCUT2D eigenvalue weighted by Gasteiger charge is -2.15. The highest BCUT2D eigenvalue weighted by atomic mass is 35.5. The van der Waals surface area contributed by atoms with Gasteiger partial charge in [-0.25, -0.2) is 0 Å². The highest BCUT2D eigenvalue weighted by Crippen LogP contribution is 2.17. The van der Waals surface area contributed by atoms with Crippen molar-refractivity contribution in [2.75, 3.05) is 5.88 Å². The second-order valence-electron chi connectivity index (χ2n) is 2.51. The van der Waals surface area contributed by atoms with Crippen LogP contribution in [0.3, 0.4) is 0 Å². The molecule has 0 aromatic rings. The first kappa shape index (κ1) is 6.90. The maximum Gasteiger partial charge on any atom is 0.119 e. The van der Waals surface area contributed by atoms with Crippen LogP contribution in [-0.4, -0.2) is 11.4 Å². The molecule has 1 aliphatic rings. The largest absolute Gasteiger partial charge is 0.413 e. The molecule has 0 aliphatic carbocycles. The van der Waals surface area contributed by atoms with Crippen LogP contribution in [0.5, 0.6) is 0 Å². The van der Waals surface area contributed by atoms with Crippen LogP contribution in [0.4, 0.5) is 0 Å². The van der Waals surface area contributed by atoms with Gasteiger partial charge < -0.3 is 4.84 Å². The minimum atomic E-state index is -0.161. The molecule has 0 spiro atoms. The predicted molar refractivity (Wildman–Crippen MR) is 37.1 cm³/mol. The van der Waals surface area contributed by atoms with E-state index in [2.05, 4.69) is 5.48 Å². The summed E-state index contributed by atoms with van der Waals surface area (Å²) < 4.78 is 0. The highest BCUT2D eigenvalue weighted by Gasteiger charge is 2.26. The molecule has 0 aromatic carbocycles. The third-order valence-electron chi connectivity index (χ3n) is 1.24. The fourth-order valence-corrected chi connectivity index (χ4v) is 0.902. The molecular formula is C6H10ClNO. The van der Waals surface area contributed by atoms with Crippen LogP contribution in [0.2, 0.25) is 0 Å². The number of hydrogen-bond donors (Lipinski definition) is 1. The fourth-order valence-electron chi connectivity index (χ4n) is 0.770. The van der Waals surface area contributed by atoms with Crippen molar-refractivity contribution in [3.8, 4) is 0 Å². The standard InChI is InChI=1S/C6H10ClNO/c1-5-3-6(2,4-7)8-9-5/h3,8H,4H2,1-2H3. The molecule has 0 bridgehead atoms. The van der Waals surface area contributed by atoms with E-state index in [1.54, 1.807) is 0 Å². The van der Waals surface area contributed by atoms with E-state index in [-0.39, 0.29) is 5.54 Å². The van der Waals surface area contributed by atoms with E-state index in [0.717, 1.165) is 5.76 Å². The van der Waals surface area contributed by atoms with Gasteiger partial charge >= 0.3 is 0 Å². The SMILES string of the molecule is CC1=CC(C)(CCl)NO1. The van der Waals surface area contributed by atoms with E-state index in [1.165, 1.54) is 0 Å². The first-order valence-electron chi connectivity index (χ1n) is 2.86. The summed E-state index contributed by atoms with van der Waals surface area (Å²) in [7, 11) is 0. The number of halogens is 1. The Balaban J connectivity index is 2.64. The van der Waals surface area contributed by atoms with Crippen molar-refractivity contribution in [2.45, 2.75) is 19.4 Å². The second-order valence-corrected chi connectivity index (χ2v) is 2.78. The Bertz CT molecular complexity index is 146. The Morgan fingerprint density at radius 1 is 1.89 bits per heavy atom. The number of hydrogen-bond acceptors (Lipinski definition) is 2. The molecular weight excluding hydrogens is 138 g/mol. The molecule has 0 radical (unpaired) electrons. The van der Waals surface area contributed by atoms with Crippen LogP contribution in [0.1, 0.15) is 13.8 Å². The third kappa shape index (κ3) is 1.37. The van der Waals surface area contributed by atoms with Crippen molar-refractivity contribution >= 4 is 11.6 Å². The summed E-state index contributed by atoms with van der Waals surface area (Å²) in [5.41, 5.74) is 2.65. The van der Waals surface area contributed by atoms with Crippen molar-refractivity contribution in [3.05, 3.63) is 11.8 Å². The van der Waals surface area contributed by atoms with Crippen molar-refractivity contribution in [2.24, 2.45) is 0 Å². The average molecular weight is 148 g/mol. The van der Waals surface area contributed by atoms with Gasteiger partial charge in [0.1, 0.15) is 5.76 Å². The fraction of sp³-hybridized carbons (Fsp3) is 0.667. The second kappa shape index (κ2) is 2.20. The zero-order valence-electron chi connectivity index (χ0n) is 5.57. The molecule has 0 aromatic heterocycles. The summed E-state index contributed by atoms with van der Waals surface area (Å²) in [5.74, 6) is 1.42. The Morgan fingerprint density at radius 2 is 2.56 bits per heavy atom. The lowest BCUT2D eigenvalue weighted by Crippen LogP contribution is -2.37. The van der Waals surface area contributed by atoms with Crippen LogP contribution in [0.25, 0.3) is 0 Å². The van der Waals surface area contributed by atoms with Crippen LogP contribution in [0, 0.1) is 0 Å². The van der Waals surface area contributed by atoms with Gasteiger partial charge in [0, 0.05) is 5.88 Å². The molecule has 0 saturated heterocycles. The topological polar surface area (TPSA) is 21.3 Å². The van der Waals surface area contributed by atoms with E-state index < -0.39 is 0 Å². The maximum atomic E-state index is 5.63. The number of nitrogens with one attached hydrogen (secondary N) is 1. The van der Waals surface area contributed by atoms with Crippen molar-refractivity contribution in [1.82, 2.24) is 5.48 Å². The molecule has 52 valence electrons. The molecule has 1 rings (SSSR count). The van der Waals surface area contributed by atoms with Gasteiger partial charge in [0.05, 0.1) is 5.54 Å². The molecule has 1 unspecified atom stereocenters. The summed E-state index contributed by atoms with van der Waals surface area (Å²) >= 11 is 5.63. The summed E-state index contributed by atoms with van der Waals surface area (Å²) in [6, 6.07) is 0.